The van der Waals surface area contributed by atoms with Crippen molar-refractivity contribution < 1.29 is 8.42 Å². The monoisotopic (exact) mass is 309 g/mol. The van der Waals surface area contributed by atoms with Gasteiger partial charge >= 0.3 is 0 Å². The second-order valence-electron chi connectivity index (χ2n) is 4.79. The van der Waals surface area contributed by atoms with E-state index in [4.69, 9.17) is 0 Å². The van der Waals surface area contributed by atoms with Crippen LogP contribution in [0.2, 0.25) is 0 Å². The van der Waals surface area contributed by atoms with Crippen LogP contribution in [0.1, 0.15) is 30.9 Å². The molecule has 3 nitrogen and oxygen atoms in total. The number of hydrogen-bond acceptors (Lipinski definition) is 3. The Morgan fingerprint density at radius 3 is 2.65 bits per heavy atom. The van der Waals surface area contributed by atoms with E-state index < -0.39 is 10.0 Å². The van der Waals surface area contributed by atoms with Crippen LogP contribution in [0, 0.1) is 6.92 Å². The van der Waals surface area contributed by atoms with Crippen molar-refractivity contribution in [1.29, 1.82) is 0 Å². The summed E-state index contributed by atoms with van der Waals surface area (Å²) in [5, 5.41) is 1.76. The molecule has 0 aliphatic rings. The minimum atomic E-state index is -3.45. The third-order valence-corrected chi connectivity index (χ3v) is 5.88. The van der Waals surface area contributed by atoms with Crippen molar-refractivity contribution in [1.82, 2.24) is 0 Å². The van der Waals surface area contributed by atoms with Crippen LogP contribution < -0.4 is 4.72 Å². The van der Waals surface area contributed by atoms with Crippen molar-refractivity contribution in [2.75, 3.05) is 4.72 Å². The van der Waals surface area contributed by atoms with Crippen LogP contribution in [0.25, 0.3) is 0 Å². The summed E-state index contributed by atoms with van der Waals surface area (Å²) >= 11 is 1.22. The van der Waals surface area contributed by atoms with E-state index in [2.05, 4.69) is 17.7 Å². The predicted octanol–water partition coefficient (Wildman–Crippen LogP) is 4.20. The molecule has 0 spiro atoms. The molecule has 0 bridgehead atoms. The molecule has 1 heterocycles. The van der Waals surface area contributed by atoms with Gasteiger partial charge in [0.2, 0.25) is 0 Å². The minimum Gasteiger partial charge on any atom is -0.279 e. The van der Waals surface area contributed by atoms with Crippen molar-refractivity contribution in [3.05, 3.63) is 46.8 Å². The van der Waals surface area contributed by atoms with Gasteiger partial charge in [-0.3, -0.25) is 4.72 Å². The summed E-state index contributed by atoms with van der Waals surface area (Å²) in [4.78, 5) is 0. The molecule has 0 aliphatic carbocycles. The van der Waals surface area contributed by atoms with Crippen LogP contribution in [-0.4, -0.2) is 8.42 Å². The Bertz CT molecular complexity index is 661. The Kier molecular flexibility index (Phi) is 4.83. The zero-order chi connectivity index (χ0) is 14.6. The number of sulfonamides is 1. The van der Waals surface area contributed by atoms with E-state index in [0.29, 0.717) is 9.90 Å². The van der Waals surface area contributed by atoms with Crippen LogP contribution in [-0.2, 0) is 16.4 Å². The van der Waals surface area contributed by atoms with Gasteiger partial charge in [0, 0.05) is 0 Å². The van der Waals surface area contributed by atoms with Gasteiger partial charge in [-0.15, -0.1) is 11.3 Å². The maximum absolute atomic E-state index is 12.2. The van der Waals surface area contributed by atoms with E-state index in [9.17, 15) is 8.42 Å². The average Bonchev–Trinajstić information content (AvgIpc) is 2.94. The third kappa shape index (κ3) is 3.61. The number of unbranched alkanes of at least 4 members (excludes halogenated alkanes) is 1. The van der Waals surface area contributed by atoms with Crippen LogP contribution in [0.4, 0.5) is 5.69 Å². The quantitative estimate of drug-likeness (QED) is 0.869. The van der Waals surface area contributed by atoms with E-state index in [1.165, 1.54) is 16.9 Å². The smallest absolute Gasteiger partial charge is 0.271 e. The van der Waals surface area contributed by atoms with Crippen molar-refractivity contribution in [2.45, 2.75) is 37.3 Å². The van der Waals surface area contributed by atoms with Gasteiger partial charge in [-0.1, -0.05) is 31.5 Å². The molecular formula is C15H19NO2S2. The minimum absolute atomic E-state index is 0.340. The summed E-state index contributed by atoms with van der Waals surface area (Å²) in [6.45, 7) is 4.10. The molecule has 0 amide bonds. The molecule has 1 aromatic heterocycles. The van der Waals surface area contributed by atoms with Crippen molar-refractivity contribution in [2.24, 2.45) is 0 Å². The van der Waals surface area contributed by atoms with Gasteiger partial charge in [0.05, 0.1) is 5.69 Å². The SMILES string of the molecule is CCCCc1ccc(NS(=O)(=O)c2cccs2)c(C)c1. The van der Waals surface area contributed by atoms with E-state index >= 15 is 0 Å². The summed E-state index contributed by atoms with van der Waals surface area (Å²) in [5.41, 5.74) is 2.86. The van der Waals surface area contributed by atoms with Gasteiger partial charge in [0.15, 0.2) is 0 Å². The normalized spacial score (nSPS) is 11.5. The molecule has 108 valence electrons. The maximum atomic E-state index is 12.2. The number of hydrogen-bond donors (Lipinski definition) is 1. The summed E-state index contributed by atoms with van der Waals surface area (Å²) < 4.78 is 27.3. The number of aryl methyl sites for hydroxylation is 2. The summed E-state index contributed by atoms with van der Waals surface area (Å²) in [6, 6.07) is 9.25. The summed E-state index contributed by atoms with van der Waals surface area (Å²) in [6.07, 6.45) is 3.35. The first-order chi connectivity index (χ1) is 9.53. The first kappa shape index (κ1) is 15.1. The Morgan fingerprint density at radius 1 is 1.25 bits per heavy atom. The van der Waals surface area contributed by atoms with Crippen molar-refractivity contribution in [3.8, 4) is 0 Å². The van der Waals surface area contributed by atoms with Crippen molar-refractivity contribution >= 4 is 27.0 Å². The van der Waals surface area contributed by atoms with Gasteiger partial charge in [0.25, 0.3) is 10.0 Å². The molecule has 0 unspecified atom stereocenters. The standard InChI is InChI=1S/C15H19NO2S2/c1-3-4-6-13-8-9-14(12(2)11-13)16-20(17,18)15-7-5-10-19-15/h5,7-11,16H,3-4,6H2,1-2H3. The van der Waals surface area contributed by atoms with Crippen LogP contribution >= 0.6 is 11.3 Å². The first-order valence-corrected chi connectivity index (χ1v) is 9.05. The fraction of sp³-hybridized carbons (Fsp3) is 0.333. The molecule has 0 saturated carbocycles. The number of nitrogens with one attached hydrogen (secondary N) is 1. The van der Waals surface area contributed by atoms with Crippen molar-refractivity contribution in [3.63, 3.8) is 0 Å². The maximum Gasteiger partial charge on any atom is 0.271 e. The highest BCUT2D eigenvalue weighted by Crippen LogP contribution is 2.23. The lowest BCUT2D eigenvalue weighted by Crippen LogP contribution is -2.12. The molecule has 5 heteroatoms. The van der Waals surface area contributed by atoms with E-state index in [1.54, 1.807) is 17.5 Å². The summed E-state index contributed by atoms with van der Waals surface area (Å²) in [7, 11) is -3.45. The topological polar surface area (TPSA) is 46.2 Å². The molecule has 2 aromatic rings. The molecule has 0 radical (unpaired) electrons. The molecular weight excluding hydrogens is 290 g/mol. The lowest BCUT2D eigenvalue weighted by molar-refractivity contribution is 0.603. The molecule has 0 atom stereocenters. The number of anilines is 1. The van der Waals surface area contributed by atoms with E-state index in [1.807, 2.05) is 19.1 Å². The highest BCUT2D eigenvalue weighted by Gasteiger charge is 2.16. The van der Waals surface area contributed by atoms with Gasteiger partial charge in [-0.05, 0) is 48.4 Å². The van der Waals surface area contributed by atoms with Gasteiger partial charge in [-0.25, -0.2) is 8.42 Å². The summed E-state index contributed by atoms with van der Waals surface area (Å²) in [5.74, 6) is 0. The Hall–Kier alpha value is -1.33. The Balaban J connectivity index is 2.18. The van der Waals surface area contributed by atoms with Gasteiger partial charge in [-0.2, -0.15) is 0 Å². The fourth-order valence-corrected chi connectivity index (χ4v) is 4.11. The molecule has 2 rings (SSSR count). The second-order valence-corrected chi connectivity index (χ2v) is 7.65. The molecule has 0 fully saturated rings. The number of benzene rings is 1. The average molecular weight is 309 g/mol. The largest absolute Gasteiger partial charge is 0.279 e. The molecule has 1 aromatic carbocycles. The number of rotatable bonds is 6. The molecule has 20 heavy (non-hydrogen) atoms. The predicted molar refractivity (Wildman–Crippen MR) is 84.9 cm³/mol. The Labute approximate surface area is 124 Å². The first-order valence-electron chi connectivity index (χ1n) is 6.69. The Morgan fingerprint density at radius 2 is 2.05 bits per heavy atom. The van der Waals surface area contributed by atoms with Gasteiger partial charge < -0.3 is 0 Å². The zero-order valence-corrected chi connectivity index (χ0v) is 13.4. The van der Waals surface area contributed by atoms with Gasteiger partial charge in [0.1, 0.15) is 4.21 Å². The van der Waals surface area contributed by atoms with Crippen LogP contribution in [0.3, 0.4) is 0 Å². The number of thiophene rings is 1. The molecule has 1 N–H and O–H groups in total. The lowest BCUT2D eigenvalue weighted by atomic mass is 10.1. The molecule has 0 saturated heterocycles. The lowest BCUT2D eigenvalue weighted by Gasteiger charge is -2.11. The van der Waals surface area contributed by atoms with Crippen LogP contribution in [0.15, 0.2) is 39.9 Å². The van der Waals surface area contributed by atoms with Crippen LogP contribution in [0.5, 0.6) is 0 Å². The second kappa shape index (κ2) is 6.41. The van der Waals surface area contributed by atoms with E-state index in [-0.39, 0.29) is 0 Å². The fourth-order valence-electron chi connectivity index (χ4n) is 1.99. The third-order valence-electron chi connectivity index (χ3n) is 3.11. The van der Waals surface area contributed by atoms with E-state index in [0.717, 1.165) is 24.8 Å². The highest BCUT2D eigenvalue weighted by atomic mass is 32.2. The molecule has 0 aliphatic heterocycles. The zero-order valence-electron chi connectivity index (χ0n) is 11.7. The highest BCUT2D eigenvalue weighted by molar-refractivity contribution is 7.94.